The molecule has 0 aliphatic heterocycles. The number of hydrogen-bond donors (Lipinski definition) is 2. The second kappa shape index (κ2) is 10.6. The van der Waals surface area contributed by atoms with Gasteiger partial charge in [-0.1, -0.05) is 24.3 Å². The molecule has 1 aromatic heterocycles. The van der Waals surface area contributed by atoms with Crippen LogP contribution in [-0.2, 0) is 18.4 Å². The SMILES string of the molecule is COc1ccccc1NC(=O)COc1ccc(C(=O)NCc2nc3ccccc3n2C)cc1OC. The third kappa shape index (κ3) is 5.35. The molecule has 0 fully saturated rings. The highest BCUT2D eigenvalue weighted by molar-refractivity contribution is 5.95. The molecule has 4 aromatic rings. The van der Waals surface area contributed by atoms with E-state index in [1.807, 2.05) is 41.9 Å². The number of amides is 2. The van der Waals surface area contributed by atoms with Gasteiger partial charge in [0.15, 0.2) is 18.1 Å². The fraction of sp³-hybridized carbons (Fsp3) is 0.192. The van der Waals surface area contributed by atoms with Crippen molar-refractivity contribution in [3.63, 3.8) is 0 Å². The Balaban J connectivity index is 1.37. The minimum absolute atomic E-state index is 0.243. The number of fused-ring (bicyclic) bond motifs is 1. The topological polar surface area (TPSA) is 104 Å². The minimum atomic E-state index is -0.360. The Morgan fingerprint density at radius 3 is 2.43 bits per heavy atom. The van der Waals surface area contributed by atoms with Crippen molar-refractivity contribution in [3.05, 3.63) is 78.1 Å². The second-order valence-electron chi connectivity index (χ2n) is 7.66. The molecule has 4 rings (SSSR count). The average Bonchev–Trinajstić information content (AvgIpc) is 3.21. The Hall–Kier alpha value is -4.53. The summed E-state index contributed by atoms with van der Waals surface area (Å²) in [6.07, 6.45) is 0. The first-order chi connectivity index (χ1) is 17.0. The van der Waals surface area contributed by atoms with Gasteiger partial charge in [-0.05, 0) is 42.5 Å². The third-order valence-electron chi connectivity index (χ3n) is 5.45. The zero-order valence-electron chi connectivity index (χ0n) is 19.7. The van der Waals surface area contributed by atoms with Gasteiger partial charge in [-0.25, -0.2) is 4.98 Å². The molecule has 1 heterocycles. The normalized spacial score (nSPS) is 10.6. The number of aromatic nitrogens is 2. The summed E-state index contributed by atoms with van der Waals surface area (Å²) in [4.78, 5) is 29.6. The predicted molar refractivity (Wildman–Crippen MR) is 132 cm³/mol. The zero-order chi connectivity index (χ0) is 24.8. The van der Waals surface area contributed by atoms with E-state index in [2.05, 4.69) is 15.6 Å². The van der Waals surface area contributed by atoms with E-state index >= 15 is 0 Å². The summed E-state index contributed by atoms with van der Waals surface area (Å²) in [5, 5.41) is 5.62. The summed E-state index contributed by atoms with van der Waals surface area (Å²) in [5.41, 5.74) is 2.81. The Kier molecular flexibility index (Phi) is 7.15. The van der Waals surface area contributed by atoms with Crippen molar-refractivity contribution in [2.75, 3.05) is 26.1 Å². The second-order valence-corrected chi connectivity index (χ2v) is 7.66. The van der Waals surface area contributed by atoms with E-state index in [0.717, 1.165) is 16.9 Å². The van der Waals surface area contributed by atoms with Gasteiger partial charge in [-0.2, -0.15) is 0 Å². The Labute approximate surface area is 202 Å². The van der Waals surface area contributed by atoms with Crippen LogP contribution in [0, 0.1) is 0 Å². The van der Waals surface area contributed by atoms with Gasteiger partial charge < -0.3 is 29.4 Å². The van der Waals surface area contributed by atoms with Crippen LogP contribution in [0.25, 0.3) is 11.0 Å². The van der Waals surface area contributed by atoms with Crippen molar-refractivity contribution >= 4 is 28.5 Å². The predicted octanol–water partition coefficient (Wildman–Crippen LogP) is 3.54. The number of para-hydroxylation sites is 4. The first kappa shape index (κ1) is 23.6. The molecule has 0 aliphatic rings. The first-order valence-electron chi connectivity index (χ1n) is 10.9. The number of carbonyl (C=O) groups excluding carboxylic acids is 2. The summed E-state index contributed by atoms with van der Waals surface area (Å²) in [6, 6.07) is 19.7. The van der Waals surface area contributed by atoms with Crippen molar-refractivity contribution in [2.45, 2.75) is 6.54 Å². The fourth-order valence-electron chi connectivity index (χ4n) is 3.62. The smallest absolute Gasteiger partial charge is 0.262 e. The van der Waals surface area contributed by atoms with E-state index in [9.17, 15) is 9.59 Å². The summed E-state index contributed by atoms with van der Waals surface area (Å²) < 4.78 is 18.2. The third-order valence-corrected chi connectivity index (χ3v) is 5.45. The standard InChI is InChI=1S/C26H26N4O5/c1-30-20-10-6-4-8-18(20)28-24(30)15-27-26(32)17-12-13-22(23(14-17)34-3)35-16-25(31)29-19-9-5-7-11-21(19)33-2/h4-14H,15-16H2,1-3H3,(H,27,32)(H,29,31). The van der Waals surface area contributed by atoms with E-state index in [1.165, 1.54) is 14.2 Å². The molecule has 9 nitrogen and oxygen atoms in total. The number of nitrogens with zero attached hydrogens (tertiary/aromatic N) is 2. The number of rotatable bonds is 9. The van der Waals surface area contributed by atoms with Crippen LogP contribution in [-0.4, -0.2) is 42.2 Å². The summed E-state index contributed by atoms with van der Waals surface area (Å²) in [6.45, 7) is 0.0281. The molecular formula is C26H26N4O5. The number of ether oxygens (including phenoxy) is 3. The Bertz CT molecular complexity index is 1370. The lowest BCUT2D eigenvalue weighted by molar-refractivity contribution is -0.118. The quantitative estimate of drug-likeness (QED) is 0.385. The van der Waals surface area contributed by atoms with Crippen molar-refractivity contribution in [3.8, 4) is 17.2 Å². The molecular weight excluding hydrogens is 448 g/mol. The highest BCUT2D eigenvalue weighted by Gasteiger charge is 2.15. The molecule has 2 N–H and O–H groups in total. The van der Waals surface area contributed by atoms with Crippen LogP contribution >= 0.6 is 0 Å². The molecule has 0 bridgehead atoms. The van der Waals surface area contributed by atoms with E-state index in [0.29, 0.717) is 28.5 Å². The van der Waals surface area contributed by atoms with Crippen LogP contribution in [0.3, 0.4) is 0 Å². The van der Waals surface area contributed by atoms with Gasteiger partial charge in [0.25, 0.3) is 11.8 Å². The Morgan fingerprint density at radius 2 is 1.66 bits per heavy atom. The van der Waals surface area contributed by atoms with Crippen LogP contribution in [0.5, 0.6) is 17.2 Å². The molecule has 180 valence electrons. The zero-order valence-corrected chi connectivity index (χ0v) is 19.7. The number of aryl methyl sites for hydroxylation is 1. The van der Waals surface area contributed by atoms with Crippen molar-refractivity contribution < 1.29 is 23.8 Å². The monoisotopic (exact) mass is 474 g/mol. The highest BCUT2D eigenvalue weighted by atomic mass is 16.5. The van der Waals surface area contributed by atoms with Gasteiger partial charge in [0.1, 0.15) is 11.6 Å². The number of hydrogen-bond acceptors (Lipinski definition) is 6. The Morgan fingerprint density at radius 1 is 0.914 bits per heavy atom. The van der Waals surface area contributed by atoms with Gasteiger partial charge in [0.05, 0.1) is 37.5 Å². The fourth-order valence-corrected chi connectivity index (χ4v) is 3.62. The van der Waals surface area contributed by atoms with Crippen molar-refractivity contribution in [1.82, 2.24) is 14.9 Å². The largest absolute Gasteiger partial charge is 0.495 e. The van der Waals surface area contributed by atoms with Crippen LogP contribution in [0.15, 0.2) is 66.7 Å². The lowest BCUT2D eigenvalue weighted by Crippen LogP contribution is -2.24. The van der Waals surface area contributed by atoms with Crippen LogP contribution < -0.4 is 24.8 Å². The molecule has 3 aromatic carbocycles. The molecule has 35 heavy (non-hydrogen) atoms. The molecule has 0 aliphatic carbocycles. The van der Waals surface area contributed by atoms with Gasteiger partial charge in [-0.3, -0.25) is 9.59 Å². The van der Waals surface area contributed by atoms with Gasteiger partial charge in [0, 0.05) is 12.6 Å². The van der Waals surface area contributed by atoms with Crippen molar-refractivity contribution in [2.24, 2.45) is 7.05 Å². The maximum absolute atomic E-state index is 12.7. The van der Waals surface area contributed by atoms with Crippen molar-refractivity contribution in [1.29, 1.82) is 0 Å². The summed E-state index contributed by atoms with van der Waals surface area (Å²) >= 11 is 0. The number of methoxy groups -OCH3 is 2. The summed E-state index contributed by atoms with van der Waals surface area (Å²) in [5.74, 6) is 1.33. The molecule has 2 amide bonds. The lowest BCUT2D eigenvalue weighted by atomic mass is 10.2. The van der Waals surface area contributed by atoms with Gasteiger partial charge in [0.2, 0.25) is 0 Å². The number of carbonyl (C=O) groups is 2. The maximum Gasteiger partial charge on any atom is 0.262 e. The number of imidazole rings is 1. The molecule has 0 saturated carbocycles. The minimum Gasteiger partial charge on any atom is -0.495 e. The molecule has 0 spiro atoms. The van der Waals surface area contributed by atoms with E-state index < -0.39 is 0 Å². The van der Waals surface area contributed by atoms with Gasteiger partial charge in [-0.15, -0.1) is 0 Å². The molecule has 0 atom stereocenters. The van der Waals surface area contributed by atoms with Crippen LogP contribution in [0.4, 0.5) is 5.69 Å². The first-order valence-corrected chi connectivity index (χ1v) is 10.9. The average molecular weight is 475 g/mol. The van der Waals surface area contributed by atoms with Crippen LogP contribution in [0.2, 0.25) is 0 Å². The molecule has 9 heteroatoms. The number of benzene rings is 3. The lowest BCUT2D eigenvalue weighted by Gasteiger charge is -2.13. The van der Waals surface area contributed by atoms with E-state index in [4.69, 9.17) is 14.2 Å². The van der Waals surface area contributed by atoms with E-state index in [-0.39, 0.29) is 25.0 Å². The molecule has 0 radical (unpaired) electrons. The number of nitrogens with one attached hydrogen (secondary N) is 2. The van der Waals surface area contributed by atoms with E-state index in [1.54, 1.807) is 36.4 Å². The molecule has 0 unspecified atom stereocenters. The maximum atomic E-state index is 12.7. The van der Waals surface area contributed by atoms with Gasteiger partial charge >= 0.3 is 0 Å². The number of anilines is 1. The molecule has 0 saturated heterocycles. The highest BCUT2D eigenvalue weighted by Crippen LogP contribution is 2.28. The van der Waals surface area contributed by atoms with Crippen LogP contribution in [0.1, 0.15) is 16.2 Å². The summed E-state index contributed by atoms with van der Waals surface area (Å²) in [7, 11) is 4.91.